The average molecular weight is 579 g/mol. The maximum absolute atomic E-state index is 4.61. The average Bonchev–Trinajstić information content (AvgIpc) is 3.42. The Bertz CT molecular complexity index is 2470. The summed E-state index contributed by atoms with van der Waals surface area (Å²) in [5.41, 5.74) is 6.06. The highest BCUT2D eigenvalue weighted by Gasteiger charge is 2.18. The highest BCUT2D eigenvalue weighted by Crippen LogP contribution is 2.46. The Balaban J connectivity index is 1.26. The molecule has 0 spiro atoms. The van der Waals surface area contributed by atoms with Crippen LogP contribution in [0.1, 0.15) is 0 Å². The molecule has 2 aromatic heterocycles. The van der Waals surface area contributed by atoms with E-state index in [1.54, 1.807) is 0 Å². The van der Waals surface area contributed by atoms with E-state index in [0.717, 1.165) is 0 Å². The molecule has 0 saturated heterocycles. The maximum atomic E-state index is 4.61. The van der Waals surface area contributed by atoms with E-state index >= 15 is 0 Å². The first-order chi connectivity index (χ1) is 21.8. The van der Waals surface area contributed by atoms with Crippen LogP contribution in [0.3, 0.4) is 0 Å². The van der Waals surface area contributed by atoms with Crippen molar-refractivity contribution in [3.05, 3.63) is 158 Å². The van der Waals surface area contributed by atoms with Crippen LogP contribution in [0, 0.1) is 0 Å². The SMILES string of the molecule is c1ccc(-n2c3ccccc3c3cc(Sc4c5ccccc5c(-c5ccc6ccccc6c5)c5cnccc45)ccc32)cc1. The van der Waals surface area contributed by atoms with Crippen molar-refractivity contribution < 1.29 is 0 Å². The van der Waals surface area contributed by atoms with Crippen molar-refractivity contribution in [1.29, 1.82) is 0 Å². The second-order valence-corrected chi connectivity index (χ2v) is 12.3. The van der Waals surface area contributed by atoms with Gasteiger partial charge in [-0.05, 0) is 86.6 Å². The van der Waals surface area contributed by atoms with Gasteiger partial charge in [0.15, 0.2) is 0 Å². The molecule has 9 aromatic rings. The van der Waals surface area contributed by atoms with Crippen LogP contribution in [-0.4, -0.2) is 9.55 Å². The summed E-state index contributed by atoms with van der Waals surface area (Å²) in [7, 11) is 0. The van der Waals surface area contributed by atoms with Crippen LogP contribution in [0.15, 0.2) is 168 Å². The third-order valence-electron chi connectivity index (χ3n) is 8.69. The molecule has 0 aliphatic rings. The van der Waals surface area contributed by atoms with Crippen molar-refractivity contribution in [2.75, 3.05) is 0 Å². The fourth-order valence-electron chi connectivity index (χ4n) is 6.74. The van der Waals surface area contributed by atoms with Crippen molar-refractivity contribution in [3.8, 4) is 16.8 Å². The van der Waals surface area contributed by atoms with Crippen LogP contribution in [0.5, 0.6) is 0 Å². The molecule has 0 aliphatic carbocycles. The van der Waals surface area contributed by atoms with Gasteiger partial charge in [0.05, 0.1) is 11.0 Å². The molecule has 0 N–H and O–H groups in total. The Labute approximate surface area is 259 Å². The van der Waals surface area contributed by atoms with Gasteiger partial charge in [-0.2, -0.15) is 0 Å². The topological polar surface area (TPSA) is 17.8 Å². The minimum Gasteiger partial charge on any atom is -0.309 e. The molecule has 0 radical (unpaired) electrons. The predicted molar refractivity (Wildman–Crippen MR) is 187 cm³/mol. The second-order valence-electron chi connectivity index (χ2n) is 11.2. The molecule has 0 bridgehead atoms. The Morgan fingerprint density at radius 3 is 2.07 bits per heavy atom. The monoisotopic (exact) mass is 578 g/mol. The Hall–Kier alpha value is -5.38. The van der Waals surface area contributed by atoms with Gasteiger partial charge in [0, 0.05) is 44.0 Å². The summed E-state index contributed by atoms with van der Waals surface area (Å²) in [6, 6.07) is 52.6. The van der Waals surface area contributed by atoms with Gasteiger partial charge in [-0.25, -0.2) is 0 Å². The second kappa shape index (κ2) is 10.1. The standard InChI is InChI=1S/C41H26N2S/c1-2-12-30(13-3-1)43-38-17-9-8-14-32(38)36-25-31(20-21-39(36)43)44-41-34-16-7-6-15-33(34)40(37-26-42-23-22-35(37)41)29-19-18-27-10-4-5-11-28(27)24-29/h1-26H. The zero-order chi connectivity index (χ0) is 29.0. The first-order valence-corrected chi connectivity index (χ1v) is 15.7. The van der Waals surface area contributed by atoms with Crippen LogP contribution in [0.25, 0.3) is 70.9 Å². The molecule has 0 atom stereocenters. The van der Waals surface area contributed by atoms with E-state index in [9.17, 15) is 0 Å². The van der Waals surface area contributed by atoms with Gasteiger partial charge in [0.2, 0.25) is 0 Å². The van der Waals surface area contributed by atoms with E-state index in [1.165, 1.54) is 80.7 Å². The Kier molecular flexibility index (Phi) is 5.78. The largest absolute Gasteiger partial charge is 0.309 e. The minimum absolute atomic E-state index is 1.17. The summed E-state index contributed by atoms with van der Waals surface area (Å²) in [6.07, 6.45) is 3.95. The molecule has 2 nitrogen and oxygen atoms in total. The van der Waals surface area contributed by atoms with Gasteiger partial charge >= 0.3 is 0 Å². The third-order valence-corrected chi connectivity index (χ3v) is 9.83. The molecule has 2 heterocycles. The lowest BCUT2D eigenvalue weighted by Gasteiger charge is -2.17. The van der Waals surface area contributed by atoms with E-state index in [0.29, 0.717) is 0 Å². The predicted octanol–water partition coefficient (Wildman–Crippen LogP) is 11.5. The first-order valence-electron chi connectivity index (χ1n) is 14.9. The normalized spacial score (nSPS) is 11.7. The summed E-state index contributed by atoms with van der Waals surface area (Å²) < 4.78 is 2.37. The molecular formula is C41H26N2S. The molecule has 3 heteroatoms. The van der Waals surface area contributed by atoms with Crippen LogP contribution in [-0.2, 0) is 0 Å². The lowest BCUT2D eigenvalue weighted by Crippen LogP contribution is -1.92. The van der Waals surface area contributed by atoms with Crippen molar-refractivity contribution in [2.24, 2.45) is 0 Å². The van der Waals surface area contributed by atoms with E-state index in [-0.39, 0.29) is 0 Å². The third kappa shape index (κ3) is 3.94. The number of hydrogen-bond donors (Lipinski definition) is 0. The zero-order valence-electron chi connectivity index (χ0n) is 23.8. The summed E-state index contributed by atoms with van der Waals surface area (Å²) in [5.74, 6) is 0. The van der Waals surface area contributed by atoms with Crippen LogP contribution in [0.4, 0.5) is 0 Å². The molecule has 0 fully saturated rings. The molecule has 44 heavy (non-hydrogen) atoms. The Morgan fingerprint density at radius 1 is 0.477 bits per heavy atom. The van der Waals surface area contributed by atoms with Gasteiger partial charge in [0.1, 0.15) is 0 Å². The van der Waals surface area contributed by atoms with Crippen molar-refractivity contribution in [3.63, 3.8) is 0 Å². The van der Waals surface area contributed by atoms with Crippen LogP contribution in [0.2, 0.25) is 0 Å². The lowest BCUT2D eigenvalue weighted by atomic mass is 9.92. The van der Waals surface area contributed by atoms with E-state index in [2.05, 4.69) is 155 Å². The fourth-order valence-corrected chi connectivity index (χ4v) is 7.86. The zero-order valence-corrected chi connectivity index (χ0v) is 24.6. The quantitative estimate of drug-likeness (QED) is 0.193. The van der Waals surface area contributed by atoms with Gasteiger partial charge in [-0.15, -0.1) is 0 Å². The molecule has 9 rings (SSSR count). The van der Waals surface area contributed by atoms with Gasteiger partial charge in [-0.3, -0.25) is 4.98 Å². The molecule has 7 aromatic carbocycles. The molecule has 0 saturated carbocycles. The molecule has 0 unspecified atom stereocenters. The Morgan fingerprint density at radius 2 is 1.18 bits per heavy atom. The number of fused-ring (bicyclic) bond motifs is 6. The van der Waals surface area contributed by atoms with E-state index < -0.39 is 0 Å². The van der Waals surface area contributed by atoms with Crippen LogP contribution >= 0.6 is 11.8 Å². The summed E-state index contributed by atoms with van der Waals surface area (Å²) in [6.45, 7) is 0. The van der Waals surface area contributed by atoms with E-state index in [1.807, 2.05) is 24.2 Å². The number of pyridine rings is 1. The smallest absolute Gasteiger partial charge is 0.0541 e. The molecular weight excluding hydrogens is 553 g/mol. The van der Waals surface area contributed by atoms with Gasteiger partial charge in [-0.1, -0.05) is 109 Å². The highest BCUT2D eigenvalue weighted by molar-refractivity contribution is 7.99. The minimum atomic E-state index is 1.17. The molecule has 0 amide bonds. The van der Waals surface area contributed by atoms with Gasteiger partial charge in [0.25, 0.3) is 0 Å². The van der Waals surface area contributed by atoms with E-state index in [4.69, 9.17) is 0 Å². The van der Waals surface area contributed by atoms with Gasteiger partial charge < -0.3 is 4.57 Å². The van der Waals surface area contributed by atoms with Crippen LogP contribution < -0.4 is 0 Å². The van der Waals surface area contributed by atoms with Crippen molar-refractivity contribution >= 4 is 65.9 Å². The number of nitrogens with zero attached hydrogens (tertiary/aromatic N) is 2. The summed E-state index contributed by atoms with van der Waals surface area (Å²) in [5, 5.41) is 9.91. The number of para-hydroxylation sites is 2. The fraction of sp³-hybridized carbons (Fsp3) is 0. The lowest BCUT2D eigenvalue weighted by molar-refractivity contribution is 1.18. The number of hydrogen-bond acceptors (Lipinski definition) is 2. The number of benzene rings is 7. The first kappa shape index (κ1) is 25.1. The number of rotatable bonds is 4. The number of aromatic nitrogens is 2. The van der Waals surface area contributed by atoms with Crippen molar-refractivity contribution in [1.82, 2.24) is 9.55 Å². The molecule has 0 aliphatic heterocycles. The summed E-state index contributed by atoms with van der Waals surface area (Å²) >= 11 is 1.84. The molecule has 206 valence electrons. The highest BCUT2D eigenvalue weighted by atomic mass is 32.2. The summed E-state index contributed by atoms with van der Waals surface area (Å²) in [4.78, 5) is 7.09. The maximum Gasteiger partial charge on any atom is 0.0541 e. The van der Waals surface area contributed by atoms with Crippen molar-refractivity contribution in [2.45, 2.75) is 9.79 Å².